The van der Waals surface area contributed by atoms with Crippen molar-refractivity contribution in [1.29, 1.82) is 5.26 Å². The summed E-state index contributed by atoms with van der Waals surface area (Å²) >= 11 is 7.11. The molecule has 0 atom stereocenters. The normalized spacial score (nSPS) is 9.77. The lowest BCUT2D eigenvalue weighted by Gasteiger charge is -2.10. The Labute approximate surface area is 140 Å². The van der Waals surface area contributed by atoms with Crippen molar-refractivity contribution in [2.75, 3.05) is 17.6 Å². The number of thiocarbonyl (C=S) groups is 1. The zero-order valence-corrected chi connectivity index (χ0v) is 13.7. The molecule has 112 valence electrons. The summed E-state index contributed by atoms with van der Waals surface area (Å²) in [4.78, 5) is 0. The summed E-state index contributed by atoms with van der Waals surface area (Å²) in [5, 5.41) is 15.7. The van der Waals surface area contributed by atoms with E-state index in [2.05, 4.69) is 41.0 Å². The van der Waals surface area contributed by atoms with E-state index in [9.17, 15) is 0 Å². The first kappa shape index (κ1) is 16.3. The standard InChI is InChI=1S/C17H17N3S2/c18-12-15-7-4-8-16(11-15)20-17(21)19-9-10-22-13-14-5-2-1-3-6-14/h1-8,11H,9-10,13H2,(H2,19,20,21). The molecule has 5 heteroatoms. The van der Waals surface area contributed by atoms with Crippen molar-refractivity contribution >= 4 is 34.8 Å². The van der Waals surface area contributed by atoms with E-state index in [-0.39, 0.29) is 0 Å². The van der Waals surface area contributed by atoms with Gasteiger partial charge in [0.2, 0.25) is 0 Å². The number of hydrogen-bond acceptors (Lipinski definition) is 3. The van der Waals surface area contributed by atoms with Crippen molar-refractivity contribution in [3.8, 4) is 6.07 Å². The van der Waals surface area contributed by atoms with Gasteiger partial charge in [0.05, 0.1) is 11.6 Å². The molecule has 2 aromatic carbocycles. The summed E-state index contributed by atoms with van der Waals surface area (Å²) in [6.07, 6.45) is 0. The Morgan fingerprint density at radius 1 is 1.14 bits per heavy atom. The average Bonchev–Trinajstić information content (AvgIpc) is 2.55. The van der Waals surface area contributed by atoms with Gasteiger partial charge < -0.3 is 10.6 Å². The van der Waals surface area contributed by atoms with Crippen LogP contribution in [0.25, 0.3) is 0 Å². The van der Waals surface area contributed by atoms with Crippen LogP contribution in [0.2, 0.25) is 0 Å². The summed E-state index contributed by atoms with van der Waals surface area (Å²) in [7, 11) is 0. The minimum atomic E-state index is 0.579. The SMILES string of the molecule is N#Cc1cccc(NC(=S)NCCSCc2ccccc2)c1. The first-order valence-electron chi connectivity index (χ1n) is 6.94. The van der Waals surface area contributed by atoms with Crippen LogP contribution < -0.4 is 10.6 Å². The molecule has 0 aliphatic carbocycles. The molecule has 0 spiro atoms. The second-order valence-corrected chi connectivity index (χ2v) is 6.13. The Balaban J connectivity index is 1.64. The van der Waals surface area contributed by atoms with Gasteiger partial charge in [-0.25, -0.2) is 0 Å². The third-order valence-electron chi connectivity index (χ3n) is 2.89. The maximum Gasteiger partial charge on any atom is 0.170 e. The largest absolute Gasteiger partial charge is 0.362 e. The summed E-state index contributed by atoms with van der Waals surface area (Å²) in [5.74, 6) is 1.99. The van der Waals surface area contributed by atoms with Crippen molar-refractivity contribution in [1.82, 2.24) is 5.32 Å². The van der Waals surface area contributed by atoms with Crippen LogP contribution in [0.5, 0.6) is 0 Å². The summed E-state index contributed by atoms with van der Waals surface area (Å²) in [5.41, 5.74) is 2.78. The monoisotopic (exact) mass is 327 g/mol. The van der Waals surface area contributed by atoms with E-state index >= 15 is 0 Å². The van der Waals surface area contributed by atoms with Crippen molar-refractivity contribution in [2.45, 2.75) is 5.75 Å². The molecule has 0 aromatic heterocycles. The van der Waals surface area contributed by atoms with E-state index in [0.29, 0.717) is 10.7 Å². The van der Waals surface area contributed by atoms with Gasteiger partial charge in [-0.15, -0.1) is 0 Å². The van der Waals surface area contributed by atoms with E-state index in [4.69, 9.17) is 17.5 Å². The fourth-order valence-electron chi connectivity index (χ4n) is 1.84. The molecule has 0 radical (unpaired) electrons. The molecule has 0 unspecified atom stereocenters. The molecule has 0 aliphatic heterocycles. The highest BCUT2D eigenvalue weighted by Crippen LogP contribution is 2.11. The summed E-state index contributed by atoms with van der Waals surface area (Å²) < 4.78 is 0. The van der Waals surface area contributed by atoms with E-state index in [1.54, 1.807) is 12.1 Å². The third kappa shape index (κ3) is 5.76. The number of nitrogens with zero attached hydrogens (tertiary/aromatic N) is 1. The zero-order valence-electron chi connectivity index (χ0n) is 12.1. The molecular formula is C17H17N3S2. The van der Waals surface area contributed by atoms with Crippen LogP contribution in [-0.2, 0) is 5.75 Å². The van der Waals surface area contributed by atoms with Crippen molar-refractivity contribution in [2.24, 2.45) is 0 Å². The average molecular weight is 327 g/mol. The summed E-state index contributed by atoms with van der Waals surface area (Å²) in [6.45, 7) is 0.807. The Morgan fingerprint density at radius 2 is 1.95 bits per heavy atom. The van der Waals surface area contributed by atoms with E-state index in [1.807, 2.05) is 30.0 Å². The fourth-order valence-corrected chi connectivity index (χ4v) is 2.88. The van der Waals surface area contributed by atoms with Crippen molar-refractivity contribution < 1.29 is 0 Å². The molecule has 0 bridgehead atoms. The second kappa shape index (κ2) is 9.08. The van der Waals surface area contributed by atoms with Crippen LogP contribution in [0.4, 0.5) is 5.69 Å². The fraction of sp³-hybridized carbons (Fsp3) is 0.176. The smallest absolute Gasteiger partial charge is 0.170 e. The van der Waals surface area contributed by atoms with Crippen molar-refractivity contribution in [3.05, 3.63) is 65.7 Å². The third-order valence-corrected chi connectivity index (χ3v) is 4.17. The van der Waals surface area contributed by atoms with Gasteiger partial charge in [-0.05, 0) is 36.0 Å². The molecule has 0 heterocycles. The second-order valence-electron chi connectivity index (χ2n) is 4.61. The van der Waals surface area contributed by atoms with Gasteiger partial charge in [-0.2, -0.15) is 17.0 Å². The first-order valence-corrected chi connectivity index (χ1v) is 8.51. The lowest BCUT2D eigenvalue weighted by molar-refractivity contribution is 0.990. The molecule has 2 aromatic rings. The van der Waals surface area contributed by atoms with Gasteiger partial charge in [-0.1, -0.05) is 36.4 Å². The number of hydrogen-bond donors (Lipinski definition) is 2. The molecule has 3 nitrogen and oxygen atoms in total. The van der Waals surface area contributed by atoms with Gasteiger partial charge in [0.1, 0.15) is 0 Å². The Hall–Kier alpha value is -2.03. The van der Waals surface area contributed by atoms with E-state index in [0.717, 1.165) is 23.7 Å². The Kier molecular flexibility index (Phi) is 6.75. The molecular weight excluding hydrogens is 310 g/mol. The molecule has 22 heavy (non-hydrogen) atoms. The van der Waals surface area contributed by atoms with Crippen LogP contribution in [-0.4, -0.2) is 17.4 Å². The Bertz CT molecular complexity index is 650. The lowest BCUT2D eigenvalue weighted by Crippen LogP contribution is -2.30. The molecule has 0 fully saturated rings. The van der Waals surface area contributed by atoms with Crippen LogP contribution in [0.1, 0.15) is 11.1 Å². The van der Waals surface area contributed by atoms with Crippen LogP contribution in [0, 0.1) is 11.3 Å². The molecule has 2 N–H and O–H groups in total. The van der Waals surface area contributed by atoms with E-state index in [1.165, 1.54) is 5.56 Å². The minimum Gasteiger partial charge on any atom is -0.362 e. The number of nitriles is 1. The first-order chi connectivity index (χ1) is 10.8. The number of thioether (sulfide) groups is 1. The maximum atomic E-state index is 8.86. The predicted molar refractivity (Wildman–Crippen MR) is 98.0 cm³/mol. The molecule has 0 aliphatic rings. The summed E-state index contributed by atoms with van der Waals surface area (Å²) in [6, 6.07) is 19.8. The van der Waals surface area contributed by atoms with Gasteiger partial charge in [0, 0.05) is 23.7 Å². The molecule has 2 rings (SSSR count). The molecule has 0 saturated heterocycles. The van der Waals surface area contributed by atoms with Crippen molar-refractivity contribution in [3.63, 3.8) is 0 Å². The number of nitrogens with one attached hydrogen (secondary N) is 2. The highest BCUT2D eigenvalue weighted by atomic mass is 32.2. The molecule has 0 amide bonds. The zero-order chi connectivity index (χ0) is 15.6. The number of anilines is 1. The molecule has 0 saturated carbocycles. The maximum absolute atomic E-state index is 8.86. The highest BCUT2D eigenvalue weighted by Gasteiger charge is 1.99. The van der Waals surface area contributed by atoms with Gasteiger partial charge in [0.25, 0.3) is 0 Å². The minimum absolute atomic E-state index is 0.579. The van der Waals surface area contributed by atoms with E-state index < -0.39 is 0 Å². The number of rotatable bonds is 6. The van der Waals surface area contributed by atoms with Crippen LogP contribution >= 0.6 is 24.0 Å². The number of benzene rings is 2. The van der Waals surface area contributed by atoms with Gasteiger partial charge in [0.15, 0.2) is 5.11 Å². The van der Waals surface area contributed by atoms with Crippen LogP contribution in [0.3, 0.4) is 0 Å². The quantitative estimate of drug-likeness (QED) is 0.624. The Morgan fingerprint density at radius 3 is 2.73 bits per heavy atom. The highest BCUT2D eigenvalue weighted by molar-refractivity contribution is 7.98. The van der Waals surface area contributed by atoms with Crippen LogP contribution in [0.15, 0.2) is 54.6 Å². The predicted octanol–water partition coefficient (Wildman–Crippen LogP) is 3.78. The van der Waals surface area contributed by atoms with Gasteiger partial charge in [-0.3, -0.25) is 0 Å². The topological polar surface area (TPSA) is 47.9 Å². The lowest BCUT2D eigenvalue weighted by atomic mass is 10.2. The van der Waals surface area contributed by atoms with Gasteiger partial charge >= 0.3 is 0 Å².